The minimum atomic E-state index is -4.75. The van der Waals surface area contributed by atoms with Crippen LogP contribution in [0.25, 0.3) is 0 Å². The highest BCUT2D eigenvalue weighted by atomic mass is 19.4. The highest BCUT2D eigenvalue weighted by molar-refractivity contribution is 6.07. The van der Waals surface area contributed by atoms with E-state index in [9.17, 15) is 18.0 Å². The Labute approximate surface area is 128 Å². The van der Waals surface area contributed by atoms with Gasteiger partial charge in [0, 0.05) is 12.7 Å². The number of carbonyl (C=O) groups is 1. The SMILES string of the molecule is CN1C(=O)C(C)(CC(C)(C)C)c2cc(OC(F)(F)F)ccc21. The topological polar surface area (TPSA) is 29.5 Å². The second-order valence-corrected chi connectivity index (χ2v) is 7.16. The van der Waals surface area contributed by atoms with Crippen LogP contribution in [0.4, 0.5) is 18.9 Å². The maximum Gasteiger partial charge on any atom is 0.573 e. The molecular weight excluding hydrogens is 295 g/mol. The van der Waals surface area contributed by atoms with Crippen molar-refractivity contribution < 1.29 is 22.7 Å². The van der Waals surface area contributed by atoms with E-state index in [0.717, 1.165) is 0 Å². The van der Waals surface area contributed by atoms with Crippen LogP contribution in [-0.4, -0.2) is 19.3 Å². The maximum atomic E-state index is 12.6. The first kappa shape index (κ1) is 16.6. The van der Waals surface area contributed by atoms with Crippen molar-refractivity contribution in [1.82, 2.24) is 0 Å². The summed E-state index contributed by atoms with van der Waals surface area (Å²) < 4.78 is 41.2. The average Bonchev–Trinajstić information content (AvgIpc) is 2.48. The number of hydrogen-bond acceptors (Lipinski definition) is 2. The number of halogens is 3. The third-order valence-electron chi connectivity index (χ3n) is 3.82. The smallest absolute Gasteiger partial charge is 0.406 e. The molecule has 0 fully saturated rings. The minimum absolute atomic E-state index is 0.110. The van der Waals surface area contributed by atoms with Crippen LogP contribution in [0, 0.1) is 5.41 Å². The molecule has 22 heavy (non-hydrogen) atoms. The number of alkyl halides is 3. The van der Waals surface area contributed by atoms with Crippen LogP contribution in [0.15, 0.2) is 18.2 Å². The van der Waals surface area contributed by atoms with Gasteiger partial charge in [0.2, 0.25) is 5.91 Å². The third-order valence-corrected chi connectivity index (χ3v) is 3.82. The van der Waals surface area contributed by atoms with Crippen molar-refractivity contribution in [1.29, 1.82) is 0 Å². The van der Waals surface area contributed by atoms with E-state index < -0.39 is 11.8 Å². The number of amides is 1. The number of benzene rings is 1. The lowest BCUT2D eigenvalue weighted by atomic mass is 9.71. The fourth-order valence-electron chi connectivity index (χ4n) is 3.27. The fraction of sp³-hybridized carbons (Fsp3) is 0.562. The quantitative estimate of drug-likeness (QED) is 0.816. The third kappa shape index (κ3) is 3.05. The Bertz CT molecular complexity index is 604. The number of rotatable bonds is 2. The summed E-state index contributed by atoms with van der Waals surface area (Å²) in [5.74, 6) is -0.406. The lowest BCUT2D eigenvalue weighted by Crippen LogP contribution is -2.39. The number of carbonyl (C=O) groups excluding carboxylic acids is 1. The van der Waals surface area contributed by atoms with E-state index in [2.05, 4.69) is 4.74 Å². The molecule has 122 valence electrons. The summed E-state index contributed by atoms with van der Waals surface area (Å²) in [7, 11) is 1.64. The molecule has 2 rings (SSSR count). The molecule has 0 spiro atoms. The molecule has 0 saturated carbocycles. The Hall–Kier alpha value is -1.72. The summed E-state index contributed by atoms with van der Waals surface area (Å²) >= 11 is 0. The van der Waals surface area contributed by atoms with Crippen molar-refractivity contribution in [2.45, 2.75) is 45.9 Å². The average molecular weight is 315 g/mol. The van der Waals surface area contributed by atoms with Crippen LogP contribution in [-0.2, 0) is 10.2 Å². The van der Waals surface area contributed by atoms with Gasteiger partial charge < -0.3 is 9.64 Å². The first-order valence-corrected chi connectivity index (χ1v) is 7.02. The Morgan fingerprint density at radius 3 is 2.32 bits per heavy atom. The zero-order chi connectivity index (χ0) is 16.9. The summed E-state index contributed by atoms with van der Waals surface area (Å²) in [5, 5.41) is 0. The molecule has 0 saturated heterocycles. The van der Waals surface area contributed by atoms with Crippen LogP contribution >= 0.6 is 0 Å². The summed E-state index contributed by atoms with van der Waals surface area (Å²) in [6.07, 6.45) is -4.21. The predicted molar refractivity (Wildman–Crippen MR) is 78.0 cm³/mol. The van der Waals surface area contributed by atoms with Crippen molar-refractivity contribution in [3.63, 3.8) is 0 Å². The van der Waals surface area contributed by atoms with Gasteiger partial charge in [-0.3, -0.25) is 4.79 Å². The van der Waals surface area contributed by atoms with Gasteiger partial charge in [-0.1, -0.05) is 20.8 Å². The van der Waals surface area contributed by atoms with E-state index in [4.69, 9.17) is 0 Å². The highest BCUT2D eigenvalue weighted by Crippen LogP contribution is 2.48. The van der Waals surface area contributed by atoms with Crippen molar-refractivity contribution >= 4 is 11.6 Å². The number of nitrogens with zero attached hydrogens (tertiary/aromatic N) is 1. The van der Waals surface area contributed by atoms with Crippen LogP contribution < -0.4 is 9.64 Å². The zero-order valence-electron chi connectivity index (χ0n) is 13.3. The molecule has 0 aromatic heterocycles. The van der Waals surface area contributed by atoms with E-state index in [-0.39, 0.29) is 17.1 Å². The van der Waals surface area contributed by atoms with E-state index in [1.165, 1.54) is 23.1 Å². The number of fused-ring (bicyclic) bond motifs is 1. The molecule has 3 nitrogen and oxygen atoms in total. The van der Waals surface area contributed by atoms with Crippen LogP contribution in [0.3, 0.4) is 0 Å². The monoisotopic (exact) mass is 315 g/mol. The largest absolute Gasteiger partial charge is 0.573 e. The lowest BCUT2D eigenvalue weighted by molar-refractivity contribution is -0.274. The number of likely N-dealkylation sites (N-methyl/N-ethyl adjacent to an activating group) is 1. The molecule has 0 radical (unpaired) electrons. The molecule has 1 unspecified atom stereocenters. The Morgan fingerprint density at radius 1 is 1.23 bits per heavy atom. The van der Waals surface area contributed by atoms with Gasteiger partial charge in [-0.25, -0.2) is 0 Å². The summed E-state index contributed by atoms with van der Waals surface area (Å²) in [6.45, 7) is 7.78. The predicted octanol–water partition coefficient (Wildman–Crippen LogP) is 4.26. The maximum absolute atomic E-state index is 12.6. The second-order valence-electron chi connectivity index (χ2n) is 7.16. The van der Waals surface area contributed by atoms with E-state index in [1.807, 2.05) is 20.8 Å². The molecule has 1 heterocycles. The van der Waals surface area contributed by atoms with E-state index >= 15 is 0 Å². The number of hydrogen-bond donors (Lipinski definition) is 0. The standard InChI is InChI=1S/C16H20F3NO2/c1-14(2,3)9-15(4)11-8-10(22-16(17,18)19)6-7-12(11)20(5)13(15)21/h6-8H,9H2,1-5H3. The lowest BCUT2D eigenvalue weighted by Gasteiger charge is -2.31. The molecule has 0 aliphatic carbocycles. The van der Waals surface area contributed by atoms with Crippen molar-refractivity contribution in [2.75, 3.05) is 11.9 Å². The van der Waals surface area contributed by atoms with Gasteiger partial charge in [0.1, 0.15) is 5.75 Å². The molecular formula is C16H20F3NO2. The summed E-state index contributed by atoms with van der Waals surface area (Å²) in [4.78, 5) is 14.1. The summed E-state index contributed by atoms with van der Waals surface area (Å²) in [6, 6.07) is 4.07. The molecule has 0 N–H and O–H groups in total. The van der Waals surface area contributed by atoms with Gasteiger partial charge >= 0.3 is 6.36 Å². The van der Waals surface area contributed by atoms with E-state index in [0.29, 0.717) is 17.7 Å². The second kappa shape index (κ2) is 4.89. The van der Waals surface area contributed by atoms with Crippen molar-refractivity contribution in [2.24, 2.45) is 5.41 Å². The van der Waals surface area contributed by atoms with Crippen molar-refractivity contribution in [3.05, 3.63) is 23.8 Å². The van der Waals surface area contributed by atoms with Crippen molar-refractivity contribution in [3.8, 4) is 5.75 Å². The molecule has 0 bridgehead atoms. The van der Waals surface area contributed by atoms with Gasteiger partial charge in [-0.2, -0.15) is 0 Å². The van der Waals surface area contributed by atoms with Gasteiger partial charge in [0.05, 0.1) is 5.41 Å². The highest BCUT2D eigenvalue weighted by Gasteiger charge is 2.48. The number of anilines is 1. The Balaban J connectivity index is 2.50. The van der Waals surface area contributed by atoms with Crippen LogP contribution in [0.1, 0.15) is 39.7 Å². The fourth-order valence-corrected chi connectivity index (χ4v) is 3.27. The van der Waals surface area contributed by atoms with Gasteiger partial charge in [0.15, 0.2) is 0 Å². The summed E-state index contributed by atoms with van der Waals surface area (Å²) in [5.41, 5.74) is 0.212. The van der Waals surface area contributed by atoms with Crippen LogP contribution in [0.2, 0.25) is 0 Å². The minimum Gasteiger partial charge on any atom is -0.406 e. The van der Waals surface area contributed by atoms with E-state index in [1.54, 1.807) is 14.0 Å². The van der Waals surface area contributed by atoms with Crippen LogP contribution in [0.5, 0.6) is 5.75 Å². The molecule has 1 aliphatic heterocycles. The molecule has 1 amide bonds. The van der Waals surface area contributed by atoms with Gasteiger partial charge in [-0.15, -0.1) is 13.2 Å². The van der Waals surface area contributed by atoms with Gasteiger partial charge in [0.25, 0.3) is 0 Å². The molecule has 1 aliphatic rings. The normalized spacial score (nSPS) is 22.0. The molecule has 1 atom stereocenters. The zero-order valence-corrected chi connectivity index (χ0v) is 13.3. The molecule has 1 aromatic rings. The molecule has 1 aromatic carbocycles. The Kier molecular flexibility index (Phi) is 3.70. The Morgan fingerprint density at radius 2 is 1.82 bits per heavy atom. The first-order chi connectivity index (χ1) is 9.83. The van der Waals surface area contributed by atoms with Gasteiger partial charge in [-0.05, 0) is 42.5 Å². The molecule has 6 heteroatoms. The number of ether oxygens (including phenoxy) is 1. The first-order valence-electron chi connectivity index (χ1n) is 7.02.